The Kier molecular flexibility index (Phi) is 9.50. The van der Waals surface area contributed by atoms with Gasteiger partial charge in [-0.3, -0.25) is 0 Å². The zero-order chi connectivity index (χ0) is 29.1. The lowest BCUT2D eigenvalue weighted by Crippen LogP contribution is -3.00. The highest BCUT2D eigenvalue weighted by Crippen LogP contribution is 2.28. The first-order chi connectivity index (χ1) is 20.4. The van der Waals surface area contributed by atoms with Crippen LogP contribution in [0, 0.1) is 0 Å². The SMILES string of the molecule is OB(O)c1ccccc1C[n+]1ccc(-c2ccc3cc(-c4cc[n+](Cc5ccccc5B(O)O)cc4)ccc3c2)cc1.[Br-]. The summed E-state index contributed by atoms with van der Waals surface area (Å²) in [5.41, 5.74) is 7.24. The number of hydrogen-bond acceptors (Lipinski definition) is 4. The largest absolute Gasteiger partial charge is 1.00 e. The van der Waals surface area contributed by atoms with Crippen LogP contribution >= 0.6 is 0 Å². The van der Waals surface area contributed by atoms with Gasteiger partial charge in [0.25, 0.3) is 0 Å². The number of benzene rings is 4. The molecule has 6 nitrogen and oxygen atoms in total. The average Bonchev–Trinajstić information content (AvgIpc) is 3.02. The van der Waals surface area contributed by atoms with Crippen molar-refractivity contribution in [2.45, 2.75) is 13.1 Å². The van der Waals surface area contributed by atoms with Crippen LogP contribution in [0.1, 0.15) is 11.1 Å². The van der Waals surface area contributed by atoms with Crippen LogP contribution in [-0.4, -0.2) is 34.3 Å². The summed E-state index contributed by atoms with van der Waals surface area (Å²) < 4.78 is 4.05. The Balaban J connectivity index is 0.00000368. The molecule has 6 rings (SSSR count). The fraction of sp³-hybridized carbons (Fsp3) is 0.0588. The van der Waals surface area contributed by atoms with Crippen molar-refractivity contribution in [3.8, 4) is 22.3 Å². The molecule has 0 spiro atoms. The first-order valence-electron chi connectivity index (χ1n) is 13.9. The highest BCUT2D eigenvalue weighted by atomic mass is 79.9. The Hall–Kier alpha value is -4.11. The second kappa shape index (κ2) is 13.5. The highest BCUT2D eigenvalue weighted by Gasteiger charge is 2.19. The Labute approximate surface area is 261 Å². The molecular formula is C34H30B2BrN2O4+. The zero-order valence-electron chi connectivity index (χ0n) is 23.3. The van der Waals surface area contributed by atoms with Crippen LogP contribution in [-0.2, 0) is 13.1 Å². The maximum absolute atomic E-state index is 9.66. The van der Waals surface area contributed by atoms with Crippen LogP contribution in [0.2, 0.25) is 0 Å². The van der Waals surface area contributed by atoms with Crippen LogP contribution in [0.15, 0.2) is 134 Å². The van der Waals surface area contributed by atoms with Gasteiger partial charge >= 0.3 is 14.2 Å². The first-order valence-corrected chi connectivity index (χ1v) is 13.9. The minimum atomic E-state index is -1.49. The van der Waals surface area contributed by atoms with Crippen LogP contribution in [0.25, 0.3) is 33.0 Å². The molecule has 9 heteroatoms. The molecule has 0 fully saturated rings. The summed E-state index contributed by atoms with van der Waals surface area (Å²) in [4.78, 5) is 0. The predicted octanol–water partition coefficient (Wildman–Crippen LogP) is -0.791. The number of rotatable bonds is 8. The summed E-state index contributed by atoms with van der Waals surface area (Å²) in [5, 5.41) is 40.9. The van der Waals surface area contributed by atoms with Crippen molar-refractivity contribution in [3.05, 3.63) is 145 Å². The van der Waals surface area contributed by atoms with Gasteiger partial charge in [-0.05, 0) is 56.1 Å². The van der Waals surface area contributed by atoms with Gasteiger partial charge in [-0.25, -0.2) is 9.13 Å². The quantitative estimate of drug-likeness (QED) is 0.131. The fourth-order valence-electron chi connectivity index (χ4n) is 5.37. The van der Waals surface area contributed by atoms with Crippen molar-refractivity contribution < 1.29 is 46.2 Å². The van der Waals surface area contributed by atoms with E-state index in [9.17, 15) is 20.1 Å². The first kappa shape index (κ1) is 30.4. The van der Waals surface area contributed by atoms with Gasteiger partial charge < -0.3 is 37.1 Å². The molecule has 4 N–H and O–H groups in total. The fourth-order valence-corrected chi connectivity index (χ4v) is 5.37. The normalized spacial score (nSPS) is 10.8. The maximum Gasteiger partial charge on any atom is 0.488 e. The third-order valence-corrected chi connectivity index (χ3v) is 7.66. The van der Waals surface area contributed by atoms with Gasteiger partial charge in [-0.2, -0.15) is 0 Å². The molecule has 0 bridgehead atoms. The molecule has 4 aromatic carbocycles. The van der Waals surface area contributed by atoms with E-state index in [2.05, 4.69) is 60.7 Å². The lowest BCUT2D eigenvalue weighted by atomic mass is 9.77. The van der Waals surface area contributed by atoms with Gasteiger partial charge in [0.15, 0.2) is 37.9 Å². The number of hydrogen-bond donors (Lipinski definition) is 4. The van der Waals surface area contributed by atoms with Crippen LogP contribution in [0.5, 0.6) is 0 Å². The molecular weight excluding hydrogens is 602 g/mol. The summed E-state index contributed by atoms with van der Waals surface area (Å²) in [5.74, 6) is 0. The molecule has 0 radical (unpaired) electrons. The number of fused-ring (bicyclic) bond motifs is 1. The molecule has 0 aliphatic rings. The molecule has 0 aliphatic heterocycles. The van der Waals surface area contributed by atoms with Crippen LogP contribution in [0.3, 0.4) is 0 Å². The smallest absolute Gasteiger partial charge is 0.488 e. The van der Waals surface area contributed by atoms with E-state index in [4.69, 9.17) is 0 Å². The molecule has 0 aliphatic carbocycles. The molecule has 0 saturated heterocycles. The van der Waals surface area contributed by atoms with Crippen molar-refractivity contribution in [1.82, 2.24) is 0 Å². The van der Waals surface area contributed by atoms with E-state index in [0.717, 1.165) is 44.2 Å². The summed E-state index contributed by atoms with van der Waals surface area (Å²) in [6.07, 6.45) is 8.04. The third kappa shape index (κ3) is 6.94. The van der Waals surface area contributed by atoms with Gasteiger partial charge in [0.2, 0.25) is 0 Å². The monoisotopic (exact) mass is 631 g/mol. The van der Waals surface area contributed by atoms with Crippen molar-refractivity contribution >= 4 is 35.9 Å². The van der Waals surface area contributed by atoms with E-state index < -0.39 is 14.2 Å². The Morgan fingerprint density at radius 2 is 0.814 bits per heavy atom. The van der Waals surface area contributed by atoms with Gasteiger partial charge in [0.1, 0.15) is 0 Å². The summed E-state index contributed by atoms with van der Waals surface area (Å²) in [7, 11) is -2.98. The minimum Gasteiger partial charge on any atom is -1.00 e. The lowest BCUT2D eigenvalue weighted by Gasteiger charge is -2.08. The lowest BCUT2D eigenvalue weighted by molar-refractivity contribution is -0.688. The van der Waals surface area contributed by atoms with E-state index in [1.165, 1.54) is 0 Å². The second-order valence-electron chi connectivity index (χ2n) is 10.4. The molecule has 0 atom stereocenters. The van der Waals surface area contributed by atoms with E-state index in [1.807, 2.05) is 58.2 Å². The molecule has 0 amide bonds. The average molecular weight is 632 g/mol. The molecule has 0 unspecified atom stereocenters. The Bertz CT molecular complexity index is 1710. The number of nitrogens with zero attached hydrogens (tertiary/aromatic N) is 2. The van der Waals surface area contributed by atoms with E-state index in [-0.39, 0.29) is 17.0 Å². The summed E-state index contributed by atoms with van der Waals surface area (Å²) >= 11 is 0. The molecule has 212 valence electrons. The van der Waals surface area contributed by atoms with Gasteiger partial charge in [-0.1, -0.05) is 72.8 Å². The van der Waals surface area contributed by atoms with E-state index in [1.54, 1.807) is 24.3 Å². The standard InChI is InChI=1S/C34H30B2N2O4.BrH/c39-35(40)33-7-3-1-5-31(33)23-37-17-13-25(14-18-37)27-9-11-30-22-28(10-12-29(30)21-27)26-15-19-38(20-16-26)24-32-6-2-4-8-34(32)36(41)42;/h1-22,39-42H,23-24H2;1H/q+2;/p-1. The van der Waals surface area contributed by atoms with E-state index >= 15 is 0 Å². The van der Waals surface area contributed by atoms with Crippen molar-refractivity contribution in [3.63, 3.8) is 0 Å². The minimum absolute atomic E-state index is 0. The topological polar surface area (TPSA) is 88.7 Å². The molecule has 43 heavy (non-hydrogen) atoms. The third-order valence-electron chi connectivity index (χ3n) is 7.66. The molecule has 6 aromatic rings. The van der Waals surface area contributed by atoms with Crippen molar-refractivity contribution in [2.75, 3.05) is 0 Å². The maximum atomic E-state index is 9.66. The van der Waals surface area contributed by atoms with Gasteiger partial charge in [-0.15, -0.1) is 0 Å². The van der Waals surface area contributed by atoms with Gasteiger partial charge in [0.05, 0.1) is 0 Å². The molecule has 2 heterocycles. The number of halogens is 1. The Morgan fingerprint density at radius 3 is 1.19 bits per heavy atom. The van der Waals surface area contributed by atoms with Crippen molar-refractivity contribution in [2.24, 2.45) is 0 Å². The molecule has 2 aromatic heterocycles. The van der Waals surface area contributed by atoms with Gasteiger partial charge in [0, 0.05) is 35.4 Å². The highest BCUT2D eigenvalue weighted by molar-refractivity contribution is 6.59. The van der Waals surface area contributed by atoms with Crippen LogP contribution < -0.4 is 37.0 Å². The van der Waals surface area contributed by atoms with Crippen LogP contribution in [0.4, 0.5) is 0 Å². The summed E-state index contributed by atoms with van der Waals surface area (Å²) in [6.45, 7) is 1.10. The zero-order valence-corrected chi connectivity index (χ0v) is 24.9. The number of aromatic nitrogens is 2. The molecule has 0 saturated carbocycles. The second-order valence-corrected chi connectivity index (χ2v) is 10.4. The summed E-state index contributed by atoms with van der Waals surface area (Å²) in [6, 6.07) is 35.9. The Morgan fingerprint density at radius 1 is 0.442 bits per heavy atom. The van der Waals surface area contributed by atoms with E-state index in [0.29, 0.717) is 24.0 Å². The van der Waals surface area contributed by atoms with Crippen molar-refractivity contribution in [1.29, 1.82) is 0 Å². The predicted molar refractivity (Wildman–Crippen MR) is 166 cm³/mol. The number of pyridine rings is 2.